The molecule has 3 aromatic heterocycles. The molecule has 0 amide bonds. The van der Waals surface area contributed by atoms with E-state index in [1.54, 1.807) is 9.36 Å². The number of nitrogens with zero attached hydrogens (tertiary/aromatic N) is 9. The van der Waals surface area contributed by atoms with Crippen LogP contribution < -0.4 is 4.90 Å². The van der Waals surface area contributed by atoms with Gasteiger partial charge in [0.05, 0.1) is 11.4 Å². The first-order valence-corrected chi connectivity index (χ1v) is 8.86. The van der Waals surface area contributed by atoms with Crippen molar-refractivity contribution < 1.29 is 0 Å². The first-order valence-electron chi connectivity index (χ1n) is 8.86. The minimum atomic E-state index is 0.740. The summed E-state index contributed by atoms with van der Waals surface area (Å²) in [7, 11) is 1.90. The Kier molecular flexibility index (Phi) is 4.61. The summed E-state index contributed by atoms with van der Waals surface area (Å²) >= 11 is 0. The van der Waals surface area contributed by atoms with Gasteiger partial charge < -0.3 is 4.90 Å². The minimum absolute atomic E-state index is 0.740. The Morgan fingerprint density at radius 2 is 1.73 bits per heavy atom. The summed E-state index contributed by atoms with van der Waals surface area (Å²) in [4.78, 5) is 4.74. The van der Waals surface area contributed by atoms with Gasteiger partial charge >= 0.3 is 0 Å². The Morgan fingerprint density at radius 3 is 2.35 bits per heavy atom. The Labute approximate surface area is 152 Å². The Bertz CT molecular complexity index is 843. The molecule has 0 N–H and O–H groups in total. The fourth-order valence-corrected chi connectivity index (χ4v) is 3.13. The summed E-state index contributed by atoms with van der Waals surface area (Å²) < 4.78 is 3.50. The average Bonchev–Trinajstić information content (AvgIpc) is 3.29. The zero-order valence-electron chi connectivity index (χ0n) is 15.2. The second kappa shape index (κ2) is 7.20. The monoisotopic (exact) mass is 353 g/mol. The fraction of sp³-hybridized carbons (Fsp3) is 0.471. The Hall–Kier alpha value is -2.81. The molecule has 0 bridgehead atoms. The highest BCUT2D eigenvalue weighted by molar-refractivity contribution is 5.40. The first kappa shape index (κ1) is 16.6. The van der Waals surface area contributed by atoms with Gasteiger partial charge in [0.2, 0.25) is 0 Å². The molecule has 9 nitrogen and oxygen atoms in total. The van der Waals surface area contributed by atoms with Crippen LogP contribution in [0.2, 0.25) is 0 Å². The smallest absolute Gasteiger partial charge is 0.175 e. The highest BCUT2D eigenvalue weighted by Crippen LogP contribution is 2.14. The summed E-state index contributed by atoms with van der Waals surface area (Å²) in [6, 6.07) is 5.94. The summed E-state index contributed by atoms with van der Waals surface area (Å²) in [5.74, 6) is 1.66. The van der Waals surface area contributed by atoms with Crippen molar-refractivity contribution in [3.63, 3.8) is 0 Å². The van der Waals surface area contributed by atoms with Gasteiger partial charge in [-0.25, -0.2) is 4.68 Å². The molecule has 0 aromatic carbocycles. The molecule has 0 aliphatic carbocycles. The highest BCUT2D eigenvalue weighted by Gasteiger charge is 2.18. The third-order valence-electron chi connectivity index (χ3n) is 4.62. The molecular weight excluding hydrogens is 330 g/mol. The van der Waals surface area contributed by atoms with E-state index < -0.39 is 0 Å². The SMILES string of the molecule is Cc1ccn(-c2ccc(N3CCN(CCc4cn(C)nn4)CC3)nn2)n1. The average molecular weight is 353 g/mol. The van der Waals surface area contributed by atoms with Crippen LogP contribution in [0.25, 0.3) is 5.82 Å². The molecule has 136 valence electrons. The van der Waals surface area contributed by atoms with Crippen molar-refractivity contribution in [1.29, 1.82) is 0 Å². The number of anilines is 1. The number of aryl methyl sites for hydroxylation is 2. The summed E-state index contributed by atoms with van der Waals surface area (Å²) in [6.07, 6.45) is 4.81. The number of aromatic nitrogens is 7. The van der Waals surface area contributed by atoms with Crippen molar-refractivity contribution >= 4 is 5.82 Å². The molecule has 4 rings (SSSR count). The predicted octanol–water partition coefficient (Wildman–Crippen LogP) is 0.464. The van der Waals surface area contributed by atoms with Gasteiger partial charge in [0.15, 0.2) is 11.6 Å². The van der Waals surface area contributed by atoms with E-state index in [1.165, 1.54) is 0 Å². The molecule has 0 spiro atoms. The molecule has 4 heterocycles. The standard InChI is InChI=1S/C17H23N9/c1-14-5-8-26(21-14)17-4-3-16(19-20-17)25-11-9-24(10-12-25)7-6-15-13-23(2)22-18-15/h3-5,8,13H,6-7,9-12H2,1-2H3. The molecular formula is C17H23N9. The summed E-state index contributed by atoms with van der Waals surface area (Å²) in [5, 5.41) is 21.2. The van der Waals surface area contributed by atoms with Crippen molar-refractivity contribution in [3.8, 4) is 5.82 Å². The van der Waals surface area contributed by atoms with Crippen LogP contribution in [-0.2, 0) is 13.5 Å². The van der Waals surface area contributed by atoms with Crippen LogP contribution in [0, 0.1) is 6.92 Å². The second-order valence-electron chi connectivity index (χ2n) is 6.61. The molecule has 9 heteroatoms. The number of rotatable bonds is 5. The van der Waals surface area contributed by atoms with Crippen LogP contribution in [0.5, 0.6) is 0 Å². The van der Waals surface area contributed by atoms with E-state index in [1.807, 2.05) is 44.6 Å². The maximum Gasteiger partial charge on any atom is 0.175 e. The summed E-state index contributed by atoms with van der Waals surface area (Å²) in [5.41, 5.74) is 2.01. The van der Waals surface area contributed by atoms with Crippen LogP contribution in [0.4, 0.5) is 5.82 Å². The number of piperazine rings is 1. The van der Waals surface area contributed by atoms with Gasteiger partial charge in [-0.1, -0.05) is 5.21 Å². The van der Waals surface area contributed by atoms with Crippen LogP contribution in [0.1, 0.15) is 11.4 Å². The van der Waals surface area contributed by atoms with Gasteiger partial charge in [0.1, 0.15) is 0 Å². The van der Waals surface area contributed by atoms with Crippen molar-refractivity contribution in [1.82, 2.24) is 39.9 Å². The van der Waals surface area contributed by atoms with E-state index in [0.29, 0.717) is 0 Å². The lowest BCUT2D eigenvalue weighted by Gasteiger charge is -2.35. The quantitative estimate of drug-likeness (QED) is 0.659. The van der Waals surface area contributed by atoms with Crippen molar-refractivity contribution in [2.75, 3.05) is 37.6 Å². The zero-order chi connectivity index (χ0) is 17.9. The lowest BCUT2D eigenvalue weighted by molar-refractivity contribution is 0.259. The van der Waals surface area contributed by atoms with Crippen LogP contribution >= 0.6 is 0 Å². The second-order valence-corrected chi connectivity index (χ2v) is 6.61. The highest BCUT2D eigenvalue weighted by atomic mass is 15.4. The third-order valence-corrected chi connectivity index (χ3v) is 4.62. The number of hydrogen-bond acceptors (Lipinski definition) is 7. The maximum atomic E-state index is 4.38. The molecule has 0 unspecified atom stereocenters. The topological polar surface area (TPSA) is 80.8 Å². The molecule has 26 heavy (non-hydrogen) atoms. The van der Waals surface area contributed by atoms with Crippen LogP contribution in [-0.4, -0.2) is 72.6 Å². The van der Waals surface area contributed by atoms with Crippen LogP contribution in [0.3, 0.4) is 0 Å². The van der Waals surface area contributed by atoms with E-state index in [2.05, 4.69) is 35.4 Å². The Balaban J connectivity index is 1.30. The molecule has 1 saturated heterocycles. The third kappa shape index (κ3) is 3.72. The van der Waals surface area contributed by atoms with E-state index in [-0.39, 0.29) is 0 Å². The van der Waals surface area contributed by atoms with Crippen molar-refractivity contribution in [2.45, 2.75) is 13.3 Å². The molecule has 0 saturated carbocycles. The molecule has 0 radical (unpaired) electrons. The lowest BCUT2D eigenvalue weighted by Crippen LogP contribution is -2.47. The molecule has 1 fully saturated rings. The Morgan fingerprint density at radius 1 is 0.962 bits per heavy atom. The molecule has 1 aliphatic rings. The van der Waals surface area contributed by atoms with Gasteiger partial charge in [-0.2, -0.15) is 5.10 Å². The van der Waals surface area contributed by atoms with Gasteiger partial charge in [-0.3, -0.25) is 9.58 Å². The predicted molar refractivity (Wildman–Crippen MR) is 97.3 cm³/mol. The lowest BCUT2D eigenvalue weighted by atomic mass is 10.2. The molecule has 0 atom stereocenters. The first-order chi connectivity index (χ1) is 12.7. The minimum Gasteiger partial charge on any atom is -0.353 e. The maximum absolute atomic E-state index is 4.38. The van der Waals surface area contributed by atoms with Crippen molar-refractivity contribution in [2.24, 2.45) is 7.05 Å². The molecule has 3 aromatic rings. The van der Waals surface area contributed by atoms with Gasteiger partial charge in [0, 0.05) is 58.6 Å². The largest absolute Gasteiger partial charge is 0.353 e. The van der Waals surface area contributed by atoms with Gasteiger partial charge in [-0.15, -0.1) is 15.3 Å². The van der Waals surface area contributed by atoms with Gasteiger partial charge in [0.25, 0.3) is 0 Å². The van der Waals surface area contributed by atoms with E-state index in [0.717, 1.165) is 62.2 Å². The van der Waals surface area contributed by atoms with Crippen LogP contribution in [0.15, 0.2) is 30.6 Å². The van der Waals surface area contributed by atoms with Gasteiger partial charge in [-0.05, 0) is 25.1 Å². The normalized spacial score (nSPS) is 15.5. The van der Waals surface area contributed by atoms with E-state index in [4.69, 9.17) is 0 Å². The zero-order valence-corrected chi connectivity index (χ0v) is 15.2. The van der Waals surface area contributed by atoms with E-state index in [9.17, 15) is 0 Å². The van der Waals surface area contributed by atoms with E-state index >= 15 is 0 Å². The fourth-order valence-electron chi connectivity index (χ4n) is 3.13. The van der Waals surface area contributed by atoms with Crippen molar-refractivity contribution in [3.05, 3.63) is 42.0 Å². The number of hydrogen-bond donors (Lipinski definition) is 0. The summed E-state index contributed by atoms with van der Waals surface area (Å²) in [6.45, 7) is 6.91. The molecule has 1 aliphatic heterocycles.